The van der Waals surface area contributed by atoms with Crippen molar-refractivity contribution in [2.45, 2.75) is 231 Å². The Bertz CT molecular complexity index is 4670. The molecule has 9 aliphatic heterocycles. The van der Waals surface area contributed by atoms with Gasteiger partial charge in [-0.1, -0.05) is 140 Å². The average molecular weight is 1710 g/mol. The van der Waals surface area contributed by atoms with Gasteiger partial charge in [-0.15, -0.1) is 12.4 Å². The number of nitrogens with zero attached hydrogens (tertiary/aromatic N) is 14. The number of hydrogen-bond acceptors (Lipinski definition) is 21. The van der Waals surface area contributed by atoms with Crippen LogP contribution < -0.4 is 36.7 Å². The average Bonchev–Trinajstić information content (AvgIpc) is 1.73. The number of para-hydroxylation sites is 6. The summed E-state index contributed by atoms with van der Waals surface area (Å²) in [7, 11) is 0. The summed E-state index contributed by atoms with van der Waals surface area (Å²) in [5.74, 6) is -0.800. The Hall–Kier alpha value is -8.08. The van der Waals surface area contributed by atoms with Crippen molar-refractivity contribution in [3.63, 3.8) is 0 Å². The van der Waals surface area contributed by atoms with E-state index in [0.717, 1.165) is 143 Å². The number of carboxylic acids is 1. The van der Waals surface area contributed by atoms with E-state index in [1.807, 2.05) is 63.7 Å². The van der Waals surface area contributed by atoms with Crippen molar-refractivity contribution >= 4 is 110 Å². The molecule has 0 bridgehead atoms. The Morgan fingerprint density at radius 1 is 0.380 bits per heavy atom. The molecule has 6 aromatic rings. The summed E-state index contributed by atoms with van der Waals surface area (Å²) in [6, 6.07) is 27.0. The van der Waals surface area contributed by atoms with Crippen molar-refractivity contribution in [3.05, 3.63) is 104 Å². The van der Waals surface area contributed by atoms with Gasteiger partial charge < -0.3 is 72.8 Å². The van der Waals surface area contributed by atoms with Crippen LogP contribution in [0.15, 0.2) is 87.2 Å². The number of nitrogens with one attached hydrogen (secondary N) is 1. The predicted molar refractivity (Wildman–Crippen MR) is 475 cm³/mol. The normalized spacial score (nSPS) is 24.7. The lowest BCUT2D eigenvalue weighted by molar-refractivity contribution is -0.159. The highest BCUT2D eigenvalue weighted by atomic mass is 35.5. The molecule has 6 unspecified atom stereocenters. The number of carbonyl (C=O) groups is 6. The van der Waals surface area contributed by atoms with E-state index in [-0.39, 0.29) is 91.5 Å². The number of piperidine rings is 3. The molecule has 18 rings (SSSR count). The van der Waals surface area contributed by atoms with Crippen molar-refractivity contribution in [3.8, 4) is 0 Å². The van der Waals surface area contributed by atoms with Gasteiger partial charge in [0.2, 0.25) is 0 Å². The molecule has 6 atom stereocenters. The van der Waals surface area contributed by atoms with Gasteiger partial charge in [0, 0.05) is 178 Å². The van der Waals surface area contributed by atoms with Gasteiger partial charge in [-0.3, -0.25) is 28.8 Å². The number of carboxylic acid groups (broad SMARTS) is 1. The molecule has 3 saturated carbocycles. The first-order valence-electron chi connectivity index (χ1n) is 45.5. The lowest BCUT2D eigenvalue weighted by Crippen LogP contribution is -2.44. The van der Waals surface area contributed by atoms with Gasteiger partial charge in [-0.2, -0.15) is 0 Å². The molecule has 9 saturated heterocycles. The van der Waals surface area contributed by atoms with Crippen molar-refractivity contribution in [1.82, 2.24) is 58.5 Å². The molecule has 3 aromatic heterocycles. The van der Waals surface area contributed by atoms with Crippen LogP contribution in [-0.2, 0) is 38.2 Å². The number of hydrogen-bond donors (Lipinski definition) is 2. The summed E-state index contributed by atoms with van der Waals surface area (Å²) in [5.41, 5.74) is 5.61. The van der Waals surface area contributed by atoms with E-state index in [1.165, 1.54) is 140 Å². The molecule has 27 nitrogen and oxygen atoms in total. The van der Waals surface area contributed by atoms with Gasteiger partial charge in [-0.05, 0) is 151 Å². The monoisotopic (exact) mass is 1710 g/mol. The van der Waals surface area contributed by atoms with E-state index in [9.17, 15) is 43.2 Å². The van der Waals surface area contributed by atoms with E-state index in [0.29, 0.717) is 93.7 Å². The van der Waals surface area contributed by atoms with Gasteiger partial charge >= 0.3 is 35.0 Å². The fraction of sp³-hybridized carbons (Fsp3) is 0.674. The summed E-state index contributed by atoms with van der Waals surface area (Å²) in [6.45, 7) is 18.6. The molecular weight excluding hydrogens is 1580 g/mol. The predicted octanol–water partition coefficient (Wildman–Crippen LogP) is 11.9. The van der Waals surface area contributed by atoms with Gasteiger partial charge in [0.1, 0.15) is 0 Å². The third kappa shape index (κ3) is 21.1. The number of aromatic nitrogens is 6. The third-order valence-corrected chi connectivity index (χ3v) is 28.8. The first kappa shape index (κ1) is 90.6. The summed E-state index contributed by atoms with van der Waals surface area (Å²) in [4.78, 5) is 142. The quantitative estimate of drug-likeness (QED) is 0.0654. The molecular formula is C92H131Cl2N15O12. The summed E-state index contributed by atoms with van der Waals surface area (Å²) >= 11 is 4.69. The molecule has 660 valence electrons. The Morgan fingerprint density at radius 2 is 0.653 bits per heavy atom. The first-order valence-corrected chi connectivity index (χ1v) is 45.9. The van der Waals surface area contributed by atoms with Gasteiger partial charge in [0.25, 0.3) is 16.7 Å². The minimum Gasteiger partial charge on any atom is -0.474 e. The molecule has 29 heteroatoms. The highest BCUT2D eigenvalue weighted by molar-refractivity contribution is 6.80. The third-order valence-electron chi connectivity index (χ3n) is 28.6. The SMILES string of the molecule is C.CCOC(=O)C(=O)Cl.CCOC(=O)C(=O)N1CC2CN(c3nc4ccccc4n(C4CCN(C5CCCCCCC5)CC4)c3=O)CC2C1.Cl.O=C(O)C(=O)N1CC2CN(c3nc4ccccc4n(C4CCN(C5CCCCCCC5)CC4)c3=O)CC2C1.O=c1c(N2CC3CNCC3C2)nc2ccccc2n1C1CCN(C2CCCCCCC2)CC1. The highest BCUT2D eigenvalue weighted by Gasteiger charge is 2.47. The van der Waals surface area contributed by atoms with Gasteiger partial charge in [0.05, 0.1) is 46.3 Å². The Balaban J connectivity index is 0.000000149. The van der Waals surface area contributed by atoms with Crippen molar-refractivity contribution in [2.75, 3.05) is 146 Å². The van der Waals surface area contributed by atoms with E-state index >= 15 is 0 Å². The van der Waals surface area contributed by atoms with Crippen LogP contribution in [0.25, 0.3) is 33.1 Å². The van der Waals surface area contributed by atoms with Crippen molar-refractivity contribution in [2.24, 2.45) is 35.5 Å². The number of amides is 2. The standard InChI is InChI=1S/C31H43N5O4.C29H39N5O4.C27H39N5O.C4H5ClO3.CH4.ClH/c1-2-40-31(39)30(38)35-20-22-18-34(19-23(22)21-35)28-29(37)36(27-13-9-8-12-26(27)32-28)25-14-16-33(17-15-25)24-10-6-4-3-5-7-11-24;35-27-26(32-16-20-18-33(19-21(20)17-32)28(36)29(37)38)30-24-10-6-7-11-25(24)34(27)23-12-14-31(15-13-23)22-8-4-2-1-3-5-9-22;33-27-26(31-18-20-16-28-17-21(20)19-31)29-24-10-6-7-11-25(24)32(27)23-12-14-30(15-13-23)22-8-4-2-1-3-5-9-22;1-2-8-4(7)3(5)6;;/h8-9,12-13,22-25H,2-7,10-11,14-21H2,1H3;6-7,10-11,20-23H,1-5,8-9,12-19H2,(H,37,38);6-7,10-11,20-23,28H,1-5,8-9,12-19H2;2H2,1H3;1H4;1H. The number of halogens is 2. The Labute approximate surface area is 723 Å². The first-order chi connectivity index (χ1) is 58.0. The molecule has 3 aromatic carbocycles. The zero-order valence-electron chi connectivity index (χ0n) is 70.6. The Morgan fingerprint density at radius 3 is 0.934 bits per heavy atom. The van der Waals surface area contributed by atoms with Crippen LogP contribution in [0, 0.1) is 35.5 Å². The molecule has 0 radical (unpaired) electrons. The largest absolute Gasteiger partial charge is 0.474 e. The molecule has 121 heavy (non-hydrogen) atoms. The highest BCUT2D eigenvalue weighted by Crippen LogP contribution is 2.40. The van der Waals surface area contributed by atoms with Crippen LogP contribution in [0.2, 0.25) is 0 Å². The summed E-state index contributed by atoms with van der Waals surface area (Å²) < 4.78 is 15.3. The van der Waals surface area contributed by atoms with Gasteiger partial charge in [-0.25, -0.2) is 29.3 Å². The maximum absolute atomic E-state index is 14.1. The van der Waals surface area contributed by atoms with Crippen LogP contribution in [0.5, 0.6) is 0 Å². The lowest BCUT2D eigenvalue weighted by Gasteiger charge is -2.39. The second kappa shape index (κ2) is 42.5. The van der Waals surface area contributed by atoms with Crippen molar-refractivity contribution in [1.29, 1.82) is 0 Å². The topological polar surface area (TPSA) is 284 Å². The number of rotatable bonds is 12. The number of esters is 2. The summed E-state index contributed by atoms with van der Waals surface area (Å²) in [5, 5.41) is 11.5. The fourth-order valence-electron chi connectivity index (χ4n) is 22.4. The van der Waals surface area contributed by atoms with E-state index < -0.39 is 35.0 Å². The van der Waals surface area contributed by atoms with E-state index in [4.69, 9.17) is 36.4 Å². The second-order valence-electron chi connectivity index (χ2n) is 36.0. The van der Waals surface area contributed by atoms with Crippen LogP contribution in [-0.4, -0.2) is 242 Å². The molecule has 12 aliphatic rings. The van der Waals surface area contributed by atoms with Crippen LogP contribution >= 0.6 is 24.0 Å². The maximum atomic E-state index is 14.1. The second-order valence-corrected chi connectivity index (χ2v) is 36.3. The summed E-state index contributed by atoms with van der Waals surface area (Å²) in [6.07, 6.45) is 34.6. The molecule has 12 fully saturated rings. The van der Waals surface area contributed by atoms with Crippen LogP contribution in [0.1, 0.15) is 213 Å². The zero-order valence-corrected chi connectivity index (χ0v) is 72.1. The minimum absolute atomic E-state index is 0. The lowest BCUT2D eigenvalue weighted by atomic mass is 9.93. The number of anilines is 3. The van der Waals surface area contributed by atoms with E-state index in [1.54, 1.807) is 18.7 Å². The number of ether oxygens (including phenoxy) is 2. The van der Waals surface area contributed by atoms with E-state index in [2.05, 4.69) is 62.2 Å². The smallest absolute Gasteiger partial charge is 0.397 e. The molecule has 12 heterocycles. The fourth-order valence-corrected chi connectivity index (χ4v) is 22.4. The molecule has 0 spiro atoms. The number of fused-ring (bicyclic) bond motifs is 6. The number of carbonyl (C=O) groups excluding carboxylic acids is 5. The van der Waals surface area contributed by atoms with Crippen LogP contribution in [0.4, 0.5) is 17.5 Å². The number of benzene rings is 3. The molecule has 2 amide bonds. The zero-order chi connectivity index (χ0) is 82.6. The number of aliphatic carboxylic acids is 1. The number of likely N-dealkylation sites (tertiary alicyclic amines) is 5. The molecule has 3 aliphatic carbocycles. The molecule has 2 N–H and O–H groups in total. The van der Waals surface area contributed by atoms with Crippen LogP contribution in [0.3, 0.4) is 0 Å². The minimum atomic E-state index is -1.40. The Kier molecular flexibility index (Phi) is 31.9. The van der Waals surface area contributed by atoms with Crippen molar-refractivity contribution < 1.29 is 43.3 Å². The van der Waals surface area contributed by atoms with Gasteiger partial charge in [0.15, 0.2) is 17.5 Å². The maximum Gasteiger partial charge on any atom is 0.397 e.